The van der Waals surface area contributed by atoms with Crippen LogP contribution in [0.5, 0.6) is 5.75 Å². The molecule has 0 spiro atoms. The first kappa shape index (κ1) is 19.9. The van der Waals surface area contributed by atoms with E-state index < -0.39 is 15.8 Å². The number of hydrogen-bond acceptors (Lipinski definition) is 5. The minimum atomic E-state index is -3.57. The number of sulfone groups is 1. The Kier molecular flexibility index (Phi) is 6.76. The highest BCUT2D eigenvalue weighted by Gasteiger charge is 2.23. The van der Waals surface area contributed by atoms with Crippen molar-refractivity contribution < 1.29 is 17.9 Å². The van der Waals surface area contributed by atoms with E-state index in [1.165, 1.54) is 19.2 Å². The van der Waals surface area contributed by atoms with Crippen molar-refractivity contribution in [3.05, 3.63) is 60.2 Å². The lowest BCUT2D eigenvalue weighted by molar-refractivity contribution is -0.123. The fourth-order valence-electron chi connectivity index (χ4n) is 2.49. The third-order valence-corrected chi connectivity index (χ3v) is 5.99. The Labute approximate surface area is 154 Å². The number of ether oxygens (including phenoxy) is 1. The summed E-state index contributed by atoms with van der Waals surface area (Å²) in [6, 6.07) is 15.2. The summed E-state index contributed by atoms with van der Waals surface area (Å²) in [5.74, 6) is -0.727. The van der Waals surface area contributed by atoms with Crippen molar-refractivity contribution in [2.24, 2.45) is 11.7 Å². The number of methoxy groups -OCH3 is 1. The van der Waals surface area contributed by atoms with Crippen molar-refractivity contribution >= 4 is 15.7 Å². The molecular weight excluding hydrogens is 352 g/mol. The summed E-state index contributed by atoms with van der Waals surface area (Å²) in [5, 5.41) is 2.72. The van der Waals surface area contributed by atoms with E-state index in [1.54, 1.807) is 19.1 Å². The molecule has 3 N–H and O–H groups in total. The van der Waals surface area contributed by atoms with E-state index in [0.717, 1.165) is 5.56 Å². The largest absolute Gasteiger partial charge is 0.497 e. The van der Waals surface area contributed by atoms with Gasteiger partial charge in [0, 0.05) is 18.5 Å². The topological polar surface area (TPSA) is 98.5 Å². The molecule has 0 aromatic heterocycles. The Morgan fingerprint density at radius 3 is 2.31 bits per heavy atom. The van der Waals surface area contributed by atoms with Crippen molar-refractivity contribution in [1.82, 2.24) is 5.32 Å². The predicted molar refractivity (Wildman–Crippen MR) is 101 cm³/mol. The van der Waals surface area contributed by atoms with Crippen molar-refractivity contribution in [3.63, 3.8) is 0 Å². The van der Waals surface area contributed by atoms with Crippen molar-refractivity contribution in [2.75, 3.05) is 19.4 Å². The second-order valence-corrected chi connectivity index (χ2v) is 8.15. The molecule has 0 heterocycles. The van der Waals surface area contributed by atoms with Crippen LogP contribution in [0.4, 0.5) is 0 Å². The van der Waals surface area contributed by atoms with Crippen LogP contribution in [0.1, 0.15) is 18.5 Å². The van der Waals surface area contributed by atoms with Gasteiger partial charge in [-0.05, 0) is 29.8 Å². The molecule has 0 aliphatic heterocycles. The number of nitrogens with two attached hydrogens (primary N) is 1. The molecule has 2 rings (SSSR count). The molecule has 2 atom stereocenters. The van der Waals surface area contributed by atoms with E-state index in [0.29, 0.717) is 5.75 Å². The summed E-state index contributed by atoms with van der Waals surface area (Å²) in [5.41, 5.74) is 6.95. The van der Waals surface area contributed by atoms with Gasteiger partial charge in [0.1, 0.15) is 5.75 Å². The van der Waals surface area contributed by atoms with Crippen LogP contribution in [0.15, 0.2) is 59.5 Å². The van der Waals surface area contributed by atoms with Crippen LogP contribution in [0, 0.1) is 5.92 Å². The van der Waals surface area contributed by atoms with Gasteiger partial charge in [-0.1, -0.05) is 37.3 Å². The summed E-state index contributed by atoms with van der Waals surface area (Å²) in [4.78, 5) is 12.4. The molecule has 0 aliphatic carbocycles. The first-order chi connectivity index (χ1) is 12.3. The summed E-state index contributed by atoms with van der Waals surface area (Å²) in [6.07, 6.45) is 0. The zero-order valence-electron chi connectivity index (χ0n) is 14.9. The maximum absolute atomic E-state index is 12.5. The van der Waals surface area contributed by atoms with Gasteiger partial charge in [0.25, 0.3) is 0 Å². The standard InChI is InChI=1S/C19H24N2O4S/c1-14(13-26(23,24)17-10-8-16(25-2)9-11-17)19(22)21-12-18(20)15-6-4-3-5-7-15/h3-11,14,18H,12-13,20H2,1-2H3,(H,21,22). The molecule has 0 radical (unpaired) electrons. The highest BCUT2D eigenvalue weighted by molar-refractivity contribution is 7.91. The van der Waals surface area contributed by atoms with Crippen LogP contribution >= 0.6 is 0 Å². The van der Waals surface area contributed by atoms with E-state index >= 15 is 0 Å². The first-order valence-electron chi connectivity index (χ1n) is 8.28. The van der Waals surface area contributed by atoms with Gasteiger partial charge < -0.3 is 15.8 Å². The van der Waals surface area contributed by atoms with Gasteiger partial charge in [-0.2, -0.15) is 0 Å². The Bertz CT molecular complexity index is 820. The molecule has 0 fully saturated rings. The van der Waals surface area contributed by atoms with Gasteiger partial charge >= 0.3 is 0 Å². The molecule has 2 aromatic carbocycles. The monoisotopic (exact) mass is 376 g/mol. The SMILES string of the molecule is COc1ccc(S(=O)(=O)CC(C)C(=O)NCC(N)c2ccccc2)cc1. The lowest BCUT2D eigenvalue weighted by Gasteiger charge is -2.16. The molecular formula is C19H24N2O4S. The summed E-state index contributed by atoms with van der Waals surface area (Å²) in [6.45, 7) is 1.83. The molecule has 1 amide bonds. The minimum absolute atomic E-state index is 0.166. The molecule has 2 unspecified atom stereocenters. The molecule has 6 nitrogen and oxygen atoms in total. The van der Waals surface area contributed by atoms with E-state index in [4.69, 9.17) is 10.5 Å². The van der Waals surface area contributed by atoms with Crippen LogP contribution in [0.2, 0.25) is 0 Å². The van der Waals surface area contributed by atoms with Crippen LogP contribution < -0.4 is 15.8 Å². The fraction of sp³-hybridized carbons (Fsp3) is 0.316. The highest BCUT2D eigenvalue weighted by Crippen LogP contribution is 2.18. The normalized spacial score (nSPS) is 13.7. The minimum Gasteiger partial charge on any atom is -0.497 e. The molecule has 0 saturated carbocycles. The molecule has 7 heteroatoms. The van der Waals surface area contributed by atoms with Crippen LogP contribution in [0.3, 0.4) is 0 Å². The van der Waals surface area contributed by atoms with Crippen LogP contribution in [-0.2, 0) is 14.6 Å². The van der Waals surface area contributed by atoms with Gasteiger partial charge in [-0.3, -0.25) is 4.79 Å². The number of carbonyl (C=O) groups excluding carboxylic acids is 1. The number of hydrogen-bond donors (Lipinski definition) is 2. The number of carbonyl (C=O) groups is 1. The molecule has 26 heavy (non-hydrogen) atoms. The van der Waals surface area contributed by atoms with E-state index in [9.17, 15) is 13.2 Å². The molecule has 2 aromatic rings. The summed E-state index contributed by atoms with van der Waals surface area (Å²) < 4.78 is 29.9. The van der Waals surface area contributed by atoms with E-state index in [2.05, 4.69) is 5.32 Å². The Hall–Kier alpha value is -2.38. The average molecular weight is 376 g/mol. The first-order valence-corrected chi connectivity index (χ1v) is 9.94. The number of nitrogens with one attached hydrogen (secondary N) is 1. The lowest BCUT2D eigenvalue weighted by atomic mass is 10.1. The van der Waals surface area contributed by atoms with Gasteiger partial charge in [0.05, 0.1) is 17.8 Å². The van der Waals surface area contributed by atoms with Gasteiger partial charge in [0.15, 0.2) is 9.84 Å². The molecule has 0 bridgehead atoms. The third kappa shape index (κ3) is 5.31. The lowest BCUT2D eigenvalue weighted by Crippen LogP contribution is -2.37. The molecule has 0 saturated heterocycles. The van der Waals surface area contributed by atoms with E-state index in [1.807, 2.05) is 30.3 Å². The van der Waals surface area contributed by atoms with E-state index in [-0.39, 0.29) is 29.1 Å². The maximum atomic E-state index is 12.5. The fourth-order valence-corrected chi connectivity index (χ4v) is 4.04. The quantitative estimate of drug-likeness (QED) is 0.733. The second-order valence-electron chi connectivity index (χ2n) is 6.12. The van der Waals surface area contributed by atoms with Crippen molar-refractivity contribution in [1.29, 1.82) is 0 Å². The Morgan fingerprint density at radius 2 is 1.73 bits per heavy atom. The number of rotatable bonds is 8. The number of amides is 1. The zero-order chi connectivity index (χ0) is 19.2. The van der Waals surface area contributed by atoms with Gasteiger partial charge in [-0.15, -0.1) is 0 Å². The molecule has 0 aliphatic rings. The Balaban J connectivity index is 1.93. The van der Waals surface area contributed by atoms with Gasteiger partial charge in [-0.25, -0.2) is 8.42 Å². The third-order valence-electron chi connectivity index (χ3n) is 4.06. The second kappa shape index (κ2) is 8.82. The van der Waals surface area contributed by atoms with Crippen molar-refractivity contribution in [3.8, 4) is 5.75 Å². The molecule has 140 valence electrons. The number of benzene rings is 2. The average Bonchev–Trinajstić information content (AvgIpc) is 2.66. The van der Waals surface area contributed by atoms with Crippen LogP contribution in [-0.4, -0.2) is 33.7 Å². The van der Waals surface area contributed by atoms with Gasteiger partial charge in [0.2, 0.25) is 5.91 Å². The highest BCUT2D eigenvalue weighted by atomic mass is 32.2. The Morgan fingerprint density at radius 1 is 1.12 bits per heavy atom. The predicted octanol–water partition coefficient (Wildman–Crippen LogP) is 1.92. The smallest absolute Gasteiger partial charge is 0.223 e. The van der Waals surface area contributed by atoms with Crippen molar-refractivity contribution in [2.45, 2.75) is 17.9 Å². The zero-order valence-corrected chi connectivity index (χ0v) is 15.7. The maximum Gasteiger partial charge on any atom is 0.223 e. The van der Waals surface area contributed by atoms with Crippen LogP contribution in [0.25, 0.3) is 0 Å². The summed E-state index contributed by atoms with van der Waals surface area (Å²) >= 11 is 0. The summed E-state index contributed by atoms with van der Waals surface area (Å²) in [7, 11) is -2.06.